The van der Waals surface area contributed by atoms with Gasteiger partial charge in [-0.05, 0) is 47.5 Å². The lowest BCUT2D eigenvalue weighted by Crippen LogP contribution is -1.79. The molecule has 0 aliphatic carbocycles. The van der Waals surface area contributed by atoms with Gasteiger partial charge in [0.2, 0.25) is 0 Å². The summed E-state index contributed by atoms with van der Waals surface area (Å²) in [5, 5.41) is 1.82. The van der Waals surface area contributed by atoms with Crippen LogP contribution in [0.3, 0.4) is 0 Å². The average molecular weight is 436 g/mol. The Kier molecular flexibility index (Phi) is 5.23. The maximum absolute atomic E-state index is 5.97. The fourth-order valence-corrected chi connectivity index (χ4v) is 3.35. The molecule has 1 N–H and O–H groups in total. The van der Waals surface area contributed by atoms with Crippen molar-refractivity contribution < 1.29 is 0 Å². The largest absolute Gasteiger partial charge is 0.353 e. The Balaban J connectivity index is 1.76. The highest BCUT2D eigenvalue weighted by molar-refractivity contribution is 9.10. The number of nitrogens with zero attached hydrogens (tertiary/aromatic N) is 1. The smallest absolute Gasteiger partial charge is 0.0957 e. The van der Waals surface area contributed by atoms with Crippen molar-refractivity contribution in [3.05, 3.63) is 99.1 Å². The number of aromatic nitrogens is 1. The van der Waals surface area contributed by atoms with E-state index in [9.17, 15) is 0 Å². The minimum absolute atomic E-state index is 0.732. The first-order valence-electron chi connectivity index (χ1n) is 8.53. The summed E-state index contributed by atoms with van der Waals surface area (Å²) in [5.74, 6) is 0. The van der Waals surface area contributed by atoms with Gasteiger partial charge in [-0.25, -0.2) is 0 Å². The zero-order valence-corrected chi connectivity index (χ0v) is 16.7. The predicted octanol–water partition coefficient (Wildman–Crippen LogP) is 7.50. The van der Waals surface area contributed by atoms with Crippen LogP contribution >= 0.6 is 27.5 Å². The monoisotopic (exact) mass is 434 g/mol. The molecule has 4 heteroatoms. The average Bonchev–Trinajstić information content (AvgIpc) is 3.03. The van der Waals surface area contributed by atoms with Gasteiger partial charge >= 0.3 is 0 Å². The number of halogens is 2. The first-order chi connectivity index (χ1) is 13.2. The lowest BCUT2D eigenvalue weighted by molar-refractivity contribution is 1.41. The van der Waals surface area contributed by atoms with Crippen molar-refractivity contribution in [2.45, 2.75) is 0 Å². The molecule has 132 valence electrons. The number of hydrogen-bond acceptors (Lipinski definition) is 1. The fraction of sp³-hybridized carbons (Fsp3) is 0. The third-order valence-corrected chi connectivity index (χ3v) is 4.96. The Hall–Kier alpha value is -2.62. The summed E-state index contributed by atoms with van der Waals surface area (Å²) in [6, 6.07) is 24.0. The van der Waals surface area contributed by atoms with Crippen LogP contribution in [0.1, 0.15) is 16.8 Å². The van der Waals surface area contributed by atoms with Crippen molar-refractivity contribution >= 4 is 62.5 Å². The second-order valence-corrected chi connectivity index (χ2v) is 7.48. The van der Waals surface area contributed by atoms with Gasteiger partial charge < -0.3 is 4.98 Å². The number of hydrogen-bond donors (Lipinski definition) is 1. The molecule has 4 rings (SSSR count). The SMILES string of the molecule is Clc1ccc(/C=C/c2[nH]c3cc(Br)ccc3c2/N=C\c2ccccc2)cc1. The summed E-state index contributed by atoms with van der Waals surface area (Å²) in [4.78, 5) is 8.24. The zero-order chi connectivity index (χ0) is 18.6. The lowest BCUT2D eigenvalue weighted by atomic mass is 10.1. The second kappa shape index (κ2) is 7.95. The van der Waals surface area contributed by atoms with Crippen molar-refractivity contribution in [2.24, 2.45) is 4.99 Å². The highest BCUT2D eigenvalue weighted by atomic mass is 79.9. The van der Waals surface area contributed by atoms with Gasteiger partial charge in [-0.15, -0.1) is 0 Å². The summed E-state index contributed by atoms with van der Waals surface area (Å²) in [7, 11) is 0. The molecule has 0 aliphatic rings. The predicted molar refractivity (Wildman–Crippen MR) is 120 cm³/mol. The van der Waals surface area contributed by atoms with E-state index in [-0.39, 0.29) is 0 Å². The molecular formula is C23H16BrClN2. The molecule has 1 heterocycles. The van der Waals surface area contributed by atoms with E-state index in [1.165, 1.54) is 0 Å². The number of rotatable bonds is 4. The van der Waals surface area contributed by atoms with Crippen LogP contribution in [0, 0.1) is 0 Å². The van der Waals surface area contributed by atoms with E-state index in [0.717, 1.165) is 42.9 Å². The number of H-pyrrole nitrogens is 1. The van der Waals surface area contributed by atoms with Crippen molar-refractivity contribution in [3.8, 4) is 0 Å². The minimum atomic E-state index is 0.732. The maximum atomic E-state index is 5.97. The van der Waals surface area contributed by atoms with Gasteiger partial charge in [0.1, 0.15) is 0 Å². The molecule has 27 heavy (non-hydrogen) atoms. The van der Waals surface area contributed by atoms with E-state index in [4.69, 9.17) is 16.6 Å². The summed E-state index contributed by atoms with van der Waals surface area (Å²) < 4.78 is 1.03. The Morgan fingerprint density at radius 1 is 0.852 bits per heavy atom. The molecule has 0 atom stereocenters. The highest BCUT2D eigenvalue weighted by Gasteiger charge is 2.09. The Labute approximate surface area is 171 Å². The first kappa shape index (κ1) is 17.8. The van der Waals surface area contributed by atoms with Crippen LogP contribution in [0.25, 0.3) is 23.1 Å². The summed E-state index contributed by atoms with van der Waals surface area (Å²) in [6.45, 7) is 0. The molecule has 3 aromatic carbocycles. The summed E-state index contributed by atoms with van der Waals surface area (Å²) in [6.07, 6.45) is 6.00. The minimum Gasteiger partial charge on any atom is -0.353 e. The van der Waals surface area contributed by atoms with Gasteiger partial charge in [0.05, 0.1) is 11.4 Å². The number of fused-ring (bicyclic) bond motifs is 1. The molecule has 1 aromatic heterocycles. The maximum Gasteiger partial charge on any atom is 0.0957 e. The molecular weight excluding hydrogens is 420 g/mol. The number of aromatic amines is 1. The molecule has 0 radical (unpaired) electrons. The van der Waals surface area contributed by atoms with E-state index in [1.807, 2.05) is 66.9 Å². The van der Waals surface area contributed by atoms with Gasteiger partial charge in [-0.3, -0.25) is 4.99 Å². The molecule has 0 spiro atoms. The van der Waals surface area contributed by atoms with Crippen molar-refractivity contribution in [1.29, 1.82) is 0 Å². The van der Waals surface area contributed by atoms with E-state index >= 15 is 0 Å². The topological polar surface area (TPSA) is 28.1 Å². The van der Waals surface area contributed by atoms with Crippen LogP contribution in [-0.4, -0.2) is 11.2 Å². The molecule has 0 saturated heterocycles. The number of nitrogens with one attached hydrogen (secondary N) is 1. The normalized spacial score (nSPS) is 11.8. The van der Waals surface area contributed by atoms with Crippen LogP contribution in [0.2, 0.25) is 5.02 Å². The summed E-state index contributed by atoms with van der Waals surface area (Å²) >= 11 is 9.50. The quantitative estimate of drug-likeness (QED) is 0.321. The van der Waals surface area contributed by atoms with Crippen molar-refractivity contribution in [2.75, 3.05) is 0 Å². The van der Waals surface area contributed by atoms with Gasteiger partial charge in [-0.2, -0.15) is 0 Å². The van der Waals surface area contributed by atoms with Gasteiger partial charge in [0.15, 0.2) is 0 Å². The number of benzene rings is 3. The van der Waals surface area contributed by atoms with Crippen molar-refractivity contribution in [1.82, 2.24) is 4.98 Å². The van der Waals surface area contributed by atoms with Gasteiger partial charge in [-0.1, -0.05) is 76.1 Å². The van der Waals surface area contributed by atoms with E-state index < -0.39 is 0 Å². The van der Waals surface area contributed by atoms with E-state index in [0.29, 0.717) is 0 Å². The summed E-state index contributed by atoms with van der Waals surface area (Å²) in [5.41, 5.74) is 5.07. The Morgan fingerprint density at radius 2 is 1.63 bits per heavy atom. The molecule has 0 amide bonds. The van der Waals surface area contributed by atoms with Gasteiger partial charge in [0.25, 0.3) is 0 Å². The lowest BCUT2D eigenvalue weighted by Gasteiger charge is -1.97. The highest BCUT2D eigenvalue weighted by Crippen LogP contribution is 2.33. The Morgan fingerprint density at radius 3 is 2.41 bits per heavy atom. The number of aliphatic imine (C=N–C) groups is 1. The van der Waals surface area contributed by atoms with Crippen LogP contribution in [0.5, 0.6) is 0 Å². The molecule has 0 fully saturated rings. The Bertz CT molecular complexity index is 1130. The van der Waals surface area contributed by atoms with Crippen LogP contribution in [0.4, 0.5) is 5.69 Å². The molecule has 0 bridgehead atoms. The molecule has 2 nitrogen and oxygen atoms in total. The van der Waals surface area contributed by atoms with Crippen LogP contribution in [0.15, 0.2) is 82.3 Å². The fourth-order valence-electron chi connectivity index (χ4n) is 2.87. The molecule has 0 aliphatic heterocycles. The second-order valence-electron chi connectivity index (χ2n) is 6.13. The van der Waals surface area contributed by atoms with Crippen LogP contribution in [-0.2, 0) is 0 Å². The molecule has 4 aromatic rings. The third kappa shape index (κ3) is 4.21. The molecule has 0 saturated carbocycles. The molecule has 0 unspecified atom stereocenters. The van der Waals surface area contributed by atoms with E-state index in [2.05, 4.69) is 45.2 Å². The van der Waals surface area contributed by atoms with Gasteiger partial charge in [0, 0.05) is 26.6 Å². The third-order valence-electron chi connectivity index (χ3n) is 4.22. The van der Waals surface area contributed by atoms with E-state index in [1.54, 1.807) is 0 Å². The standard InChI is InChI=1S/C23H16BrClN2/c24-18-9-12-20-22(14-18)27-21(13-8-16-6-10-19(25)11-7-16)23(20)26-15-17-4-2-1-3-5-17/h1-15,27H/b13-8+,26-15-. The van der Waals surface area contributed by atoms with Crippen molar-refractivity contribution in [3.63, 3.8) is 0 Å². The zero-order valence-electron chi connectivity index (χ0n) is 14.4. The van der Waals surface area contributed by atoms with Crippen LogP contribution < -0.4 is 0 Å². The first-order valence-corrected chi connectivity index (χ1v) is 9.70.